The number of likely N-dealkylation sites (tertiary alicyclic amines) is 1. The standard InChI is InChI=1S/C21H28N4O2S/c1-4-16-5-7-18(8-6-16)23-19(26)15(3)25-11-9-17(10-12-25)20(27)24-21-22-14(2)13-28-21/h5-8,13,15,17H,4,9-12H2,1-3H3,(H,23,26)(H,22,24,27). The molecule has 1 unspecified atom stereocenters. The van der Waals surface area contributed by atoms with Gasteiger partial charge in [0.2, 0.25) is 11.8 Å². The summed E-state index contributed by atoms with van der Waals surface area (Å²) in [7, 11) is 0. The van der Waals surface area contributed by atoms with Crippen LogP contribution in [0, 0.1) is 12.8 Å². The Morgan fingerprint density at radius 3 is 2.46 bits per heavy atom. The van der Waals surface area contributed by atoms with Crippen molar-refractivity contribution in [3.8, 4) is 0 Å². The first-order valence-corrected chi connectivity index (χ1v) is 10.7. The molecule has 1 saturated heterocycles. The lowest BCUT2D eigenvalue weighted by Crippen LogP contribution is -2.47. The molecular formula is C21H28N4O2S. The lowest BCUT2D eigenvalue weighted by molar-refractivity contribution is -0.123. The number of carbonyl (C=O) groups excluding carboxylic acids is 2. The molecule has 0 radical (unpaired) electrons. The Balaban J connectivity index is 1.47. The molecule has 1 aliphatic rings. The third kappa shape index (κ3) is 5.17. The van der Waals surface area contributed by atoms with Crippen molar-refractivity contribution < 1.29 is 9.59 Å². The van der Waals surface area contributed by atoms with E-state index in [2.05, 4.69) is 27.4 Å². The maximum Gasteiger partial charge on any atom is 0.241 e. The van der Waals surface area contributed by atoms with Gasteiger partial charge in [0.25, 0.3) is 0 Å². The van der Waals surface area contributed by atoms with E-state index in [9.17, 15) is 9.59 Å². The normalized spacial score (nSPS) is 16.5. The summed E-state index contributed by atoms with van der Waals surface area (Å²) in [4.78, 5) is 31.5. The number of thiazole rings is 1. The minimum atomic E-state index is -0.225. The molecule has 0 bridgehead atoms. The van der Waals surface area contributed by atoms with Crippen molar-refractivity contribution in [1.82, 2.24) is 9.88 Å². The summed E-state index contributed by atoms with van der Waals surface area (Å²) >= 11 is 1.45. The predicted octanol–water partition coefficient (Wildman–Crippen LogP) is 3.69. The zero-order valence-corrected chi connectivity index (χ0v) is 17.5. The lowest BCUT2D eigenvalue weighted by atomic mass is 9.95. The van der Waals surface area contributed by atoms with Crippen LogP contribution in [0.1, 0.15) is 37.9 Å². The van der Waals surface area contributed by atoms with Gasteiger partial charge in [-0.3, -0.25) is 14.5 Å². The average Bonchev–Trinajstić information content (AvgIpc) is 3.12. The molecule has 3 rings (SSSR count). The number of nitrogens with one attached hydrogen (secondary N) is 2. The van der Waals surface area contributed by atoms with Gasteiger partial charge in [0, 0.05) is 17.0 Å². The van der Waals surface area contributed by atoms with Crippen molar-refractivity contribution in [1.29, 1.82) is 0 Å². The number of nitrogens with zero attached hydrogens (tertiary/aromatic N) is 2. The van der Waals surface area contributed by atoms with Crippen molar-refractivity contribution >= 4 is 34.0 Å². The maximum atomic E-state index is 12.6. The molecule has 2 aromatic rings. The number of hydrogen-bond acceptors (Lipinski definition) is 5. The van der Waals surface area contributed by atoms with Crippen molar-refractivity contribution in [2.75, 3.05) is 23.7 Å². The molecule has 6 nitrogen and oxygen atoms in total. The highest BCUT2D eigenvalue weighted by molar-refractivity contribution is 7.13. The average molecular weight is 401 g/mol. The van der Waals surface area contributed by atoms with E-state index in [-0.39, 0.29) is 23.8 Å². The van der Waals surface area contributed by atoms with Gasteiger partial charge in [-0.1, -0.05) is 19.1 Å². The number of aryl methyl sites for hydroxylation is 2. The maximum absolute atomic E-state index is 12.6. The molecule has 1 aliphatic heterocycles. The number of aromatic nitrogens is 1. The number of amides is 2. The quantitative estimate of drug-likeness (QED) is 0.775. The molecule has 150 valence electrons. The molecule has 0 spiro atoms. The second-order valence-corrected chi connectivity index (χ2v) is 8.17. The first-order chi connectivity index (χ1) is 13.5. The van der Waals surface area contributed by atoms with Crippen molar-refractivity contribution in [2.24, 2.45) is 5.92 Å². The van der Waals surface area contributed by atoms with Crippen LogP contribution in [0.4, 0.5) is 10.8 Å². The van der Waals surface area contributed by atoms with Crippen LogP contribution in [-0.2, 0) is 16.0 Å². The van der Waals surface area contributed by atoms with E-state index >= 15 is 0 Å². The molecule has 28 heavy (non-hydrogen) atoms. The van der Waals surface area contributed by atoms with Crippen LogP contribution in [0.25, 0.3) is 0 Å². The summed E-state index contributed by atoms with van der Waals surface area (Å²) in [5.74, 6) is -0.00941. The largest absolute Gasteiger partial charge is 0.325 e. The predicted molar refractivity (Wildman–Crippen MR) is 114 cm³/mol. The molecule has 1 atom stereocenters. The molecular weight excluding hydrogens is 372 g/mol. The highest BCUT2D eigenvalue weighted by atomic mass is 32.1. The van der Waals surface area contributed by atoms with Crippen LogP contribution in [0.3, 0.4) is 0 Å². The molecule has 2 amide bonds. The van der Waals surface area contributed by atoms with Gasteiger partial charge < -0.3 is 10.6 Å². The number of anilines is 2. The molecule has 0 aliphatic carbocycles. The third-order valence-corrected chi connectivity index (χ3v) is 6.18. The number of piperidine rings is 1. The zero-order chi connectivity index (χ0) is 20.1. The Kier molecular flexibility index (Phi) is 6.80. The van der Waals surface area contributed by atoms with E-state index in [0.29, 0.717) is 5.13 Å². The van der Waals surface area contributed by atoms with Gasteiger partial charge in [-0.25, -0.2) is 4.98 Å². The van der Waals surface area contributed by atoms with Gasteiger partial charge in [-0.15, -0.1) is 11.3 Å². The van der Waals surface area contributed by atoms with Crippen LogP contribution in [0.2, 0.25) is 0 Å². The summed E-state index contributed by atoms with van der Waals surface area (Å²) in [6.45, 7) is 7.41. The molecule has 0 saturated carbocycles. The number of rotatable bonds is 6. The Bertz CT molecular complexity index is 810. The Morgan fingerprint density at radius 2 is 1.89 bits per heavy atom. The van der Waals surface area contributed by atoms with Crippen molar-refractivity contribution in [3.05, 3.63) is 40.9 Å². The summed E-state index contributed by atoms with van der Waals surface area (Å²) in [5, 5.41) is 8.49. The highest BCUT2D eigenvalue weighted by Crippen LogP contribution is 2.23. The van der Waals surface area contributed by atoms with E-state index in [1.807, 2.05) is 43.5 Å². The smallest absolute Gasteiger partial charge is 0.241 e. The van der Waals surface area contributed by atoms with Crippen LogP contribution in [0.5, 0.6) is 0 Å². The number of carbonyl (C=O) groups is 2. The summed E-state index contributed by atoms with van der Waals surface area (Å²) in [5.41, 5.74) is 2.99. The van der Waals surface area contributed by atoms with Gasteiger partial charge in [0.1, 0.15) is 0 Å². The molecule has 7 heteroatoms. The Morgan fingerprint density at radius 1 is 1.21 bits per heavy atom. The van der Waals surface area contributed by atoms with Gasteiger partial charge in [-0.2, -0.15) is 0 Å². The fourth-order valence-electron chi connectivity index (χ4n) is 3.40. The second kappa shape index (κ2) is 9.30. The lowest BCUT2D eigenvalue weighted by Gasteiger charge is -2.34. The topological polar surface area (TPSA) is 74.3 Å². The van der Waals surface area contributed by atoms with Crippen molar-refractivity contribution in [2.45, 2.75) is 46.1 Å². The van der Waals surface area contributed by atoms with Gasteiger partial charge in [0.15, 0.2) is 5.13 Å². The van der Waals surface area contributed by atoms with Crippen LogP contribution in [-0.4, -0.2) is 40.8 Å². The molecule has 2 heterocycles. The first-order valence-electron chi connectivity index (χ1n) is 9.83. The summed E-state index contributed by atoms with van der Waals surface area (Å²) in [6.07, 6.45) is 2.48. The molecule has 1 aromatic carbocycles. The molecule has 1 aromatic heterocycles. The Labute approximate surface area is 170 Å². The third-order valence-electron chi connectivity index (χ3n) is 5.31. The van der Waals surface area contributed by atoms with Crippen LogP contribution >= 0.6 is 11.3 Å². The fraction of sp³-hybridized carbons (Fsp3) is 0.476. The van der Waals surface area contributed by atoms with Crippen LogP contribution in [0.15, 0.2) is 29.6 Å². The van der Waals surface area contributed by atoms with Gasteiger partial charge in [0.05, 0.1) is 11.7 Å². The zero-order valence-electron chi connectivity index (χ0n) is 16.7. The van der Waals surface area contributed by atoms with E-state index < -0.39 is 0 Å². The van der Waals surface area contributed by atoms with Gasteiger partial charge in [-0.05, 0) is 63.9 Å². The number of benzene rings is 1. The molecule has 2 N–H and O–H groups in total. The van der Waals surface area contributed by atoms with Crippen molar-refractivity contribution in [3.63, 3.8) is 0 Å². The molecule has 1 fully saturated rings. The number of hydrogen-bond donors (Lipinski definition) is 2. The fourth-order valence-corrected chi connectivity index (χ4v) is 4.10. The minimum Gasteiger partial charge on any atom is -0.325 e. The summed E-state index contributed by atoms with van der Waals surface area (Å²) < 4.78 is 0. The van der Waals surface area contributed by atoms with E-state index in [0.717, 1.165) is 43.7 Å². The first kappa shape index (κ1) is 20.5. The minimum absolute atomic E-state index is 0.00888. The second-order valence-electron chi connectivity index (χ2n) is 7.31. The SMILES string of the molecule is CCc1ccc(NC(=O)C(C)N2CCC(C(=O)Nc3nc(C)cs3)CC2)cc1. The van der Waals surface area contributed by atoms with Gasteiger partial charge >= 0.3 is 0 Å². The van der Waals surface area contributed by atoms with E-state index in [1.165, 1.54) is 16.9 Å². The van der Waals surface area contributed by atoms with Crippen LogP contribution < -0.4 is 10.6 Å². The Hall–Kier alpha value is -2.25. The van der Waals surface area contributed by atoms with E-state index in [1.54, 1.807) is 0 Å². The summed E-state index contributed by atoms with van der Waals surface area (Å²) in [6, 6.07) is 7.74. The highest BCUT2D eigenvalue weighted by Gasteiger charge is 2.30. The van der Waals surface area contributed by atoms with E-state index in [4.69, 9.17) is 0 Å². The monoisotopic (exact) mass is 400 g/mol.